The zero-order valence-corrected chi connectivity index (χ0v) is 15.5. The molecule has 2 heterocycles. The number of thioether (sulfide) groups is 1. The number of hydrogen-bond donors (Lipinski definition) is 0. The van der Waals surface area contributed by atoms with Crippen molar-refractivity contribution in [2.24, 2.45) is 0 Å². The molecule has 0 spiro atoms. The normalized spacial score (nSPS) is 11.0. The quantitative estimate of drug-likeness (QED) is 0.645. The van der Waals surface area contributed by atoms with E-state index >= 15 is 0 Å². The molecule has 0 amide bonds. The fourth-order valence-electron chi connectivity index (χ4n) is 2.11. The van der Waals surface area contributed by atoms with Crippen LogP contribution < -0.4 is 9.80 Å². The summed E-state index contributed by atoms with van der Waals surface area (Å²) in [4.78, 5) is 12.8. The van der Waals surface area contributed by atoms with Gasteiger partial charge < -0.3 is 9.80 Å². The van der Waals surface area contributed by atoms with Gasteiger partial charge in [0.25, 0.3) is 5.78 Å². The van der Waals surface area contributed by atoms with Crippen LogP contribution in [0.5, 0.6) is 0 Å². The van der Waals surface area contributed by atoms with E-state index in [0.29, 0.717) is 17.5 Å². The molecule has 0 unspecified atom stereocenters. The number of benzene rings is 1. The molecule has 0 fully saturated rings. The molecule has 3 aromatic rings. The molecule has 7 nitrogen and oxygen atoms in total. The van der Waals surface area contributed by atoms with Crippen molar-refractivity contribution < 1.29 is 0 Å². The summed E-state index contributed by atoms with van der Waals surface area (Å²) in [5, 5.41) is 9.95. The lowest BCUT2D eigenvalue weighted by Gasteiger charge is -2.17. The average molecular weight is 364 g/mol. The van der Waals surface area contributed by atoms with E-state index in [4.69, 9.17) is 11.6 Å². The van der Waals surface area contributed by atoms with E-state index in [1.165, 1.54) is 0 Å². The summed E-state index contributed by atoms with van der Waals surface area (Å²) < 4.78 is 1.86. The highest BCUT2D eigenvalue weighted by Crippen LogP contribution is 2.28. The van der Waals surface area contributed by atoms with E-state index in [2.05, 4.69) is 20.2 Å². The minimum atomic E-state index is 0.527. The van der Waals surface area contributed by atoms with Gasteiger partial charge in [0, 0.05) is 39.0 Å². The van der Waals surface area contributed by atoms with Crippen LogP contribution in [0.15, 0.2) is 29.4 Å². The van der Waals surface area contributed by atoms with Crippen molar-refractivity contribution in [1.29, 1.82) is 0 Å². The molecule has 0 atom stereocenters. The van der Waals surface area contributed by atoms with Gasteiger partial charge in [-0.15, -0.1) is 10.2 Å². The van der Waals surface area contributed by atoms with Gasteiger partial charge in [0.1, 0.15) is 0 Å². The summed E-state index contributed by atoms with van der Waals surface area (Å²) in [7, 11) is 7.66. The van der Waals surface area contributed by atoms with Crippen LogP contribution in [0.1, 0.15) is 5.56 Å². The van der Waals surface area contributed by atoms with Crippen molar-refractivity contribution in [2.45, 2.75) is 10.9 Å². The standard InChI is InChI=1S/C15H18ClN7S/c1-21(2)12-17-13-19-20-15(23(13)14(18-12)22(3)4)24-9-10-7-5-6-8-11(10)16/h5-8H,9H2,1-4H3. The molecular formula is C15H18ClN7S. The maximum absolute atomic E-state index is 6.23. The number of nitrogens with zero attached hydrogens (tertiary/aromatic N) is 7. The topological polar surface area (TPSA) is 62.5 Å². The fourth-order valence-corrected chi connectivity index (χ4v) is 3.32. The van der Waals surface area contributed by atoms with E-state index in [9.17, 15) is 0 Å². The van der Waals surface area contributed by atoms with Crippen molar-refractivity contribution in [2.75, 3.05) is 38.0 Å². The number of fused-ring (bicyclic) bond motifs is 1. The Morgan fingerprint density at radius 1 is 1.04 bits per heavy atom. The Morgan fingerprint density at radius 3 is 2.46 bits per heavy atom. The first-order valence-corrected chi connectivity index (χ1v) is 8.67. The highest BCUT2D eigenvalue weighted by Gasteiger charge is 2.17. The van der Waals surface area contributed by atoms with Crippen LogP contribution in [-0.2, 0) is 5.75 Å². The van der Waals surface area contributed by atoms with Crippen LogP contribution in [0.3, 0.4) is 0 Å². The first-order chi connectivity index (χ1) is 11.5. The molecule has 126 valence electrons. The number of aromatic nitrogens is 5. The van der Waals surface area contributed by atoms with Crippen LogP contribution in [0.2, 0.25) is 5.02 Å². The summed E-state index contributed by atoms with van der Waals surface area (Å²) in [6.45, 7) is 0. The summed E-state index contributed by atoms with van der Waals surface area (Å²) in [5.74, 6) is 2.55. The zero-order valence-electron chi connectivity index (χ0n) is 13.9. The minimum Gasteiger partial charge on any atom is -0.348 e. The number of anilines is 2. The highest BCUT2D eigenvalue weighted by molar-refractivity contribution is 7.98. The maximum atomic E-state index is 6.23. The molecule has 0 aliphatic heterocycles. The van der Waals surface area contributed by atoms with Crippen molar-refractivity contribution in [3.8, 4) is 0 Å². The highest BCUT2D eigenvalue weighted by atomic mass is 35.5. The second-order valence-electron chi connectivity index (χ2n) is 5.61. The lowest BCUT2D eigenvalue weighted by Crippen LogP contribution is -2.20. The Balaban J connectivity index is 1.98. The Morgan fingerprint density at radius 2 is 1.79 bits per heavy atom. The lowest BCUT2D eigenvalue weighted by molar-refractivity contribution is 0.845. The zero-order chi connectivity index (χ0) is 17.3. The summed E-state index contributed by atoms with van der Waals surface area (Å²) in [5.41, 5.74) is 1.05. The van der Waals surface area contributed by atoms with E-state index < -0.39 is 0 Å². The Kier molecular flexibility index (Phi) is 4.77. The molecule has 0 aliphatic rings. The third-order valence-electron chi connectivity index (χ3n) is 3.33. The molecule has 1 aromatic carbocycles. The van der Waals surface area contributed by atoms with Crippen molar-refractivity contribution >= 4 is 41.0 Å². The molecule has 0 radical (unpaired) electrons. The van der Waals surface area contributed by atoms with Crippen LogP contribution in [0.4, 0.5) is 11.9 Å². The number of hydrogen-bond acceptors (Lipinski definition) is 7. The predicted octanol–water partition coefficient (Wildman–Crippen LogP) is 2.60. The molecular weight excluding hydrogens is 346 g/mol. The largest absolute Gasteiger partial charge is 0.348 e. The summed E-state index contributed by atoms with van der Waals surface area (Å²) in [6, 6.07) is 7.79. The second kappa shape index (κ2) is 6.82. The maximum Gasteiger partial charge on any atom is 0.261 e. The molecule has 2 aromatic heterocycles. The predicted molar refractivity (Wildman–Crippen MR) is 98.2 cm³/mol. The molecule has 9 heteroatoms. The Hall–Kier alpha value is -2.06. The first-order valence-electron chi connectivity index (χ1n) is 7.31. The van der Waals surface area contributed by atoms with Gasteiger partial charge in [-0.2, -0.15) is 9.97 Å². The number of rotatable bonds is 5. The molecule has 0 N–H and O–H groups in total. The van der Waals surface area contributed by atoms with E-state index in [1.807, 2.05) is 66.7 Å². The molecule has 0 aliphatic carbocycles. The number of halogens is 1. The van der Waals surface area contributed by atoms with Crippen molar-refractivity contribution in [1.82, 2.24) is 24.6 Å². The van der Waals surface area contributed by atoms with Gasteiger partial charge in [0.15, 0.2) is 5.16 Å². The monoisotopic (exact) mass is 363 g/mol. The van der Waals surface area contributed by atoms with Gasteiger partial charge in [-0.3, -0.25) is 0 Å². The van der Waals surface area contributed by atoms with E-state index in [0.717, 1.165) is 21.7 Å². The van der Waals surface area contributed by atoms with Gasteiger partial charge in [-0.05, 0) is 11.6 Å². The molecule has 0 saturated heterocycles. The van der Waals surface area contributed by atoms with Crippen LogP contribution in [-0.4, -0.2) is 52.8 Å². The second-order valence-corrected chi connectivity index (χ2v) is 6.96. The average Bonchev–Trinajstić information content (AvgIpc) is 2.96. The Labute approximate surface area is 149 Å². The van der Waals surface area contributed by atoms with Gasteiger partial charge in [-0.25, -0.2) is 4.40 Å². The van der Waals surface area contributed by atoms with Crippen LogP contribution in [0.25, 0.3) is 5.78 Å². The fraction of sp³-hybridized carbons (Fsp3) is 0.333. The SMILES string of the molecule is CN(C)c1nc(N(C)C)n2c(SCc3ccccc3Cl)nnc2n1. The van der Waals surface area contributed by atoms with Gasteiger partial charge >= 0.3 is 0 Å². The summed E-state index contributed by atoms with van der Waals surface area (Å²) >= 11 is 7.78. The smallest absolute Gasteiger partial charge is 0.261 e. The van der Waals surface area contributed by atoms with Crippen molar-refractivity contribution in [3.05, 3.63) is 34.9 Å². The van der Waals surface area contributed by atoms with Crippen LogP contribution in [0, 0.1) is 0 Å². The third kappa shape index (κ3) is 3.25. The molecule has 0 bridgehead atoms. The van der Waals surface area contributed by atoms with Crippen LogP contribution >= 0.6 is 23.4 Å². The molecule has 3 rings (SSSR count). The summed E-state index contributed by atoms with van der Waals surface area (Å²) in [6.07, 6.45) is 0. The third-order valence-corrected chi connectivity index (χ3v) is 4.68. The molecule has 24 heavy (non-hydrogen) atoms. The van der Waals surface area contributed by atoms with E-state index in [1.54, 1.807) is 11.8 Å². The lowest BCUT2D eigenvalue weighted by atomic mass is 10.2. The van der Waals surface area contributed by atoms with Gasteiger partial charge in [0.2, 0.25) is 11.9 Å². The first kappa shape index (κ1) is 16.8. The van der Waals surface area contributed by atoms with Crippen molar-refractivity contribution in [3.63, 3.8) is 0 Å². The molecule has 0 saturated carbocycles. The van der Waals surface area contributed by atoms with E-state index in [-0.39, 0.29) is 0 Å². The van der Waals surface area contributed by atoms with Gasteiger partial charge in [0.05, 0.1) is 0 Å². The Bertz CT molecular complexity index is 862. The van der Waals surface area contributed by atoms with Gasteiger partial charge in [-0.1, -0.05) is 41.6 Å². The minimum absolute atomic E-state index is 0.527.